The summed E-state index contributed by atoms with van der Waals surface area (Å²) >= 11 is 0. The zero-order valence-corrected chi connectivity index (χ0v) is 39.1. The summed E-state index contributed by atoms with van der Waals surface area (Å²) < 4.78 is 18.8. The van der Waals surface area contributed by atoms with Crippen molar-refractivity contribution in [3.8, 4) is 22.6 Å². The number of benzene rings is 2. The molecule has 6 rings (SSSR count). The minimum absolute atomic E-state index is 0.409. The lowest BCUT2D eigenvalue weighted by atomic mass is 9.47. The van der Waals surface area contributed by atoms with E-state index in [2.05, 4.69) is 96.1 Å². The van der Waals surface area contributed by atoms with Gasteiger partial charge in [-0.25, -0.2) is 0 Å². The van der Waals surface area contributed by atoms with E-state index in [4.69, 9.17) is 14.2 Å². The Morgan fingerprint density at radius 2 is 1.17 bits per heavy atom. The van der Waals surface area contributed by atoms with E-state index in [1.807, 2.05) is 0 Å². The molecule has 2 aromatic rings. The average Bonchev–Trinajstić information content (AvgIpc) is 3.60. The molecule has 4 aliphatic rings. The van der Waals surface area contributed by atoms with Crippen LogP contribution in [0.1, 0.15) is 196 Å². The lowest BCUT2D eigenvalue weighted by Gasteiger charge is -2.58. The third-order valence-corrected chi connectivity index (χ3v) is 16.5. The smallest absolute Gasteiger partial charge is 0.119 e. The highest BCUT2D eigenvalue weighted by atomic mass is 16.5. The highest BCUT2D eigenvalue weighted by Gasteiger charge is 2.59. The minimum atomic E-state index is 0.409. The van der Waals surface area contributed by atoms with Gasteiger partial charge in [0.2, 0.25) is 0 Å². The second-order valence-electron chi connectivity index (χ2n) is 21.0. The van der Waals surface area contributed by atoms with Crippen LogP contribution < -0.4 is 9.47 Å². The van der Waals surface area contributed by atoms with Crippen LogP contribution in [0.5, 0.6) is 11.5 Å². The van der Waals surface area contributed by atoms with Crippen LogP contribution in [0.3, 0.4) is 0 Å². The molecule has 2 aromatic carbocycles. The van der Waals surface area contributed by atoms with Crippen LogP contribution in [0.4, 0.5) is 0 Å². The minimum Gasteiger partial charge on any atom is -0.494 e. The zero-order valence-electron chi connectivity index (χ0n) is 39.1. The summed E-state index contributed by atoms with van der Waals surface area (Å²) in [5.41, 5.74) is 5.17. The van der Waals surface area contributed by atoms with Gasteiger partial charge in [-0.15, -0.1) is 0 Å². The van der Waals surface area contributed by atoms with Gasteiger partial charge in [0.15, 0.2) is 0 Å². The van der Waals surface area contributed by atoms with E-state index in [0.717, 1.165) is 92.5 Å². The molecule has 3 nitrogen and oxygen atoms in total. The van der Waals surface area contributed by atoms with E-state index in [0.29, 0.717) is 16.9 Å². The summed E-state index contributed by atoms with van der Waals surface area (Å²) in [6, 6.07) is 17.1. The van der Waals surface area contributed by atoms with Crippen molar-refractivity contribution >= 4 is 0 Å². The number of hydrogen-bond acceptors (Lipinski definition) is 3. The highest BCUT2D eigenvalue weighted by Crippen LogP contribution is 2.67. The molecule has 330 valence electrons. The summed E-state index contributed by atoms with van der Waals surface area (Å²) in [5, 5.41) is 0. The molecule has 3 fully saturated rings. The van der Waals surface area contributed by atoms with Crippen molar-refractivity contribution < 1.29 is 14.2 Å². The van der Waals surface area contributed by atoms with Crippen molar-refractivity contribution in [3.63, 3.8) is 0 Å². The monoisotopic (exact) mass is 809 g/mol. The van der Waals surface area contributed by atoms with Crippen molar-refractivity contribution in [1.82, 2.24) is 0 Å². The Hall–Kier alpha value is -2.26. The molecule has 0 unspecified atom stereocenters. The fraction of sp³-hybridized carbons (Fsp3) is 0.750. The van der Waals surface area contributed by atoms with E-state index >= 15 is 0 Å². The van der Waals surface area contributed by atoms with Gasteiger partial charge in [0.1, 0.15) is 11.5 Å². The van der Waals surface area contributed by atoms with E-state index in [1.165, 1.54) is 140 Å². The van der Waals surface area contributed by atoms with Gasteiger partial charge in [-0.05, 0) is 159 Å². The van der Waals surface area contributed by atoms with E-state index in [1.54, 1.807) is 5.57 Å². The van der Waals surface area contributed by atoms with Crippen molar-refractivity contribution in [1.29, 1.82) is 0 Å². The van der Waals surface area contributed by atoms with Gasteiger partial charge in [-0.2, -0.15) is 0 Å². The lowest BCUT2D eigenvalue weighted by molar-refractivity contribution is -0.0641. The summed E-state index contributed by atoms with van der Waals surface area (Å²) in [6.07, 6.45) is 35.2. The Kier molecular flexibility index (Phi) is 18.2. The van der Waals surface area contributed by atoms with Gasteiger partial charge < -0.3 is 14.2 Å². The molecule has 0 aromatic heterocycles. The Balaban J connectivity index is 0.824. The molecule has 3 heteroatoms. The maximum absolute atomic E-state index is 6.58. The van der Waals surface area contributed by atoms with Gasteiger partial charge in [0.05, 0.1) is 19.3 Å². The second-order valence-corrected chi connectivity index (χ2v) is 21.0. The molecule has 0 saturated heterocycles. The predicted molar refractivity (Wildman–Crippen MR) is 251 cm³/mol. The summed E-state index contributed by atoms with van der Waals surface area (Å²) in [6.45, 7) is 17.5. The SMILES string of the molecule is CCCCCCCCCCCCOc1ccc(-c2ccc(OCCCCCO[C@H]3CC[C@@]4(C)C(=CC[C@H]5[C@@H]6CC[C@H]([C@H](C)CCCC(C)C)[C@@]6(C)CC[C@@H]54)C3)cc2)cc1. The van der Waals surface area contributed by atoms with Crippen molar-refractivity contribution in [3.05, 3.63) is 60.2 Å². The van der Waals surface area contributed by atoms with Crippen LogP contribution in [0.2, 0.25) is 0 Å². The fourth-order valence-electron chi connectivity index (χ4n) is 12.9. The van der Waals surface area contributed by atoms with E-state index in [-0.39, 0.29) is 0 Å². The van der Waals surface area contributed by atoms with Crippen molar-refractivity contribution in [2.24, 2.45) is 46.3 Å². The first-order valence-corrected chi connectivity index (χ1v) is 25.5. The third kappa shape index (κ3) is 12.7. The number of unbranched alkanes of at least 4 members (excludes halogenated alkanes) is 11. The Bertz CT molecular complexity index is 1510. The first kappa shape index (κ1) is 46.2. The number of rotatable bonds is 26. The molecule has 0 radical (unpaired) electrons. The molecule has 59 heavy (non-hydrogen) atoms. The standard InChI is InChI=1S/C56H88O3/c1-7-8-9-10-11-12-13-14-15-17-39-57-48-28-23-45(24-29-48)46-25-30-49(31-26-46)58-40-18-16-19-41-59-50-35-37-55(5)47(42-50)27-32-51-53-34-33-52(44(4)22-20-21-43(2)3)56(53,6)38-36-54(51)55/h23-31,43-44,50-54H,7-22,32-42H2,1-6H3/t44-,50+,51+,52-,53+,54+,55+,56-/m1/s1. The Morgan fingerprint density at radius 1 is 0.593 bits per heavy atom. The summed E-state index contributed by atoms with van der Waals surface area (Å²) in [5.74, 6) is 7.35. The number of ether oxygens (including phenoxy) is 3. The molecule has 3 saturated carbocycles. The van der Waals surface area contributed by atoms with Gasteiger partial charge >= 0.3 is 0 Å². The van der Waals surface area contributed by atoms with Crippen LogP contribution >= 0.6 is 0 Å². The highest BCUT2D eigenvalue weighted by molar-refractivity contribution is 5.64. The maximum Gasteiger partial charge on any atom is 0.119 e. The van der Waals surface area contributed by atoms with E-state index in [9.17, 15) is 0 Å². The largest absolute Gasteiger partial charge is 0.494 e. The van der Waals surface area contributed by atoms with Gasteiger partial charge in [-0.3, -0.25) is 0 Å². The molecule has 8 atom stereocenters. The molecule has 0 bridgehead atoms. The molecule has 0 heterocycles. The first-order chi connectivity index (χ1) is 28.7. The van der Waals surface area contributed by atoms with Gasteiger partial charge in [0, 0.05) is 6.61 Å². The lowest BCUT2D eigenvalue weighted by Crippen LogP contribution is -2.51. The van der Waals surface area contributed by atoms with Crippen LogP contribution in [0.25, 0.3) is 11.1 Å². The molecule has 0 amide bonds. The number of hydrogen-bond donors (Lipinski definition) is 0. The quantitative estimate of drug-likeness (QED) is 0.0700. The Labute approximate surface area is 363 Å². The van der Waals surface area contributed by atoms with Crippen LogP contribution in [-0.4, -0.2) is 25.9 Å². The zero-order chi connectivity index (χ0) is 41.5. The van der Waals surface area contributed by atoms with Gasteiger partial charge in [-0.1, -0.05) is 155 Å². The fourth-order valence-corrected chi connectivity index (χ4v) is 12.9. The number of allylic oxidation sites excluding steroid dienone is 1. The molecule has 0 aliphatic heterocycles. The molecular weight excluding hydrogens is 721 g/mol. The second kappa shape index (κ2) is 23.3. The molecule has 0 N–H and O–H groups in total. The normalized spacial score (nSPS) is 28.1. The van der Waals surface area contributed by atoms with Gasteiger partial charge in [0.25, 0.3) is 0 Å². The van der Waals surface area contributed by atoms with Crippen molar-refractivity contribution in [2.45, 2.75) is 202 Å². The van der Waals surface area contributed by atoms with Crippen LogP contribution in [0, 0.1) is 46.3 Å². The van der Waals surface area contributed by atoms with Crippen molar-refractivity contribution in [2.75, 3.05) is 19.8 Å². The van der Waals surface area contributed by atoms with E-state index < -0.39 is 0 Å². The third-order valence-electron chi connectivity index (χ3n) is 16.5. The number of fused-ring (bicyclic) bond motifs is 5. The maximum atomic E-state index is 6.58. The topological polar surface area (TPSA) is 27.7 Å². The molecule has 4 aliphatic carbocycles. The average molecular weight is 809 g/mol. The summed E-state index contributed by atoms with van der Waals surface area (Å²) in [7, 11) is 0. The predicted octanol–water partition coefficient (Wildman–Crippen LogP) is 16.6. The molecule has 0 spiro atoms. The molecular formula is C56H88O3. The summed E-state index contributed by atoms with van der Waals surface area (Å²) in [4.78, 5) is 0. The van der Waals surface area contributed by atoms with Crippen LogP contribution in [-0.2, 0) is 4.74 Å². The first-order valence-electron chi connectivity index (χ1n) is 25.5. The van der Waals surface area contributed by atoms with Crippen LogP contribution in [0.15, 0.2) is 60.2 Å². The Morgan fingerprint density at radius 3 is 1.78 bits per heavy atom.